The second-order valence-corrected chi connectivity index (χ2v) is 6.21. The molecule has 1 aliphatic carbocycles. The van der Waals surface area contributed by atoms with Crippen molar-refractivity contribution in [2.75, 3.05) is 25.0 Å². The number of hydrogen-bond acceptors (Lipinski definition) is 4. The molecule has 2 atom stereocenters. The van der Waals surface area contributed by atoms with Gasteiger partial charge < -0.3 is 9.80 Å². The second kappa shape index (κ2) is 5.94. The van der Waals surface area contributed by atoms with Crippen LogP contribution in [-0.2, 0) is 11.3 Å². The van der Waals surface area contributed by atoms with Gasteiger partial charge in [0.2, 0.25) is 11.9 Å². The maximum atomic E-state index is 12.3. The molecule has 2 aliphatic rings. The van der Waals surface area contributed by atoms with E-state index in [1.54, 1.807) is 11.9 Å². The Morgan fingerprint density at radius 2 is 2.05 bits per heavy atom. The van der Waals surface area contributed by atoms with Crippen molar-refractivity contribution in [2.24, 2.45) is 5.92 Å². The van der Waals surface area contributed by atoms with E-state index >= 15 is 0 Å². The summed E-state index contributed by atoms with van der Waals surface area (Å²) in [4.78, 5) is 26.6. The van der Waals surface area contributed by atoms with E-state index in [4.69, 9.17) is 0 Å². The highest BCUT2D eigenvalue weighted by atomic mass is 16.6. The van der Waals surface area contributed by atoms with Crippen molar-refractivity contribution in [3.05, 3.63) is 39.9 Å². The zero-order chi connectivity index (χ0) is 15.7. The average Bonchev–Trinajstić information content (AvgIpc) is 3.14. The lowest BCUT2D eigenvalue weighted by atomic mass is 10.1. The summed E-state index contributed by atoms with van der Waals surface area (Å²) in [5.74, 6) is -0.545. The molecule has 22 heavy (non-hydrogen) atoms. The fraction of sp³-hybridized carbons (Fsp3) is 0.562. The molecule has 0 bridgehead atoms. The number of rotatable bonds is 5. The summed E-state index contributed by atoms with van der Waals surface area (Å²) in [5.41, 5.74) is 2.29. The Bertz CT molecular complexity index is 584. The van der Waals surface area contributed by atoms with Gasteiger partial charge in [0, 0.05) is 43.7 Å². The molecule has 1 saturated heterocycles. The Kier molecular flexibility index (Phi) is 4.00. The first kappa shape index (κ1) is 14.8. The van der Waals surface area contributed by atoms with E-state index in [0.717, 1.165) is 18.7 Å². The molecule has 3 rings (SSSR count). The highest BCUT2D eigenvalue weighted by molar-refractivity contribution is 5.82. The molecule has 1 aliphatic heterocycles. The zero-order valence-electron chi connectivity index (χ0n) is 12.8. The lowest BCUT2D eigenvalue weighted by molar-refractivity contribution is -0.497. The predicted molar refractivity (Wildman–Crippen MR) is 83.3 cm³/mol. The van der Waals surface area contributed by atoms with Crippen molar-refractivity contribution in [1.29, 1.82) is 0 Å². The number of nitro groups is 1. The maximum Gasteiger partial charge on any atom is 0.232 e. The van der Waals surface area contributed by atoms with Crippen LogP contribution in [0.3, 0.4) is 0 Å². The number of benzene rings is 1. The Balaban J connectivity index is 1.68. The van der Waals surface area contributed by atoms with Gasteiger partial charge in [0.25, 0.3) is 0 Å². The van der Waals surface area contributed by atoms with Crippen molar-refractivity contribution >= 4 is 11.6 Å². The molecule has 0 spiro atoms. The highest BCUT2D eigenvalue weighted by Gasteiger charge is 2.54. The van der Waals surface area contributed by atoms with Gasteiger partial charge in [-0.1, -0.05) is 18.2 Å². The van der Waals surface area contributed by atoms with Gasteiger partial charge in [0.15, 0.2) is 0 Å². The van der Waals surface area contributed by atoms with Gasteiger partial charge >= 0.3 is 0 Å². The molecule has 6 nitrogen and oxygen atoms in total. The number of nitrogens with zero attached hydrogens (tertiary/aromatic N) is 3. The van der Waals surface area contributed by atoms with E-state index in [1.165, 1.54) is 18.5 Å². The fourth-order valence-electron chi connectivity index (χ4n) is 3.21. The van der Waals surface area contributed by atoms with Crippen molar-refractivity contribution in [3.63, 3.8) is 0 Å². The SMILES string of the molecule is CN(Cc1ccccc1N1CCCC1)C(=O)C1CC1[N+](=O)[O-]. The minimum Gasteiger partial charge on any atom is -0.371 e. The molecule has 0 N–H and O–H groups in total. The van der Waals surface area contributed by atoms with Crippen molar-refractivity contribution < 1.29 is 9.72 Å². The number of para-hydroxylation sites is 1. The standard InChI is InChI=1S/C16H21N3O3/c1-17(16(20)13-10-15(13)19(21)22)11-12-6-2-3-7-14(12)18-8-4-5-9-18/h2-3,6-7,13,15H,4-5,8-11H2,1H3. The molecule has 1 aromatic rings. The van der Waals surface area contributed by atoms with Crippen molar-refractivity contribution in [2.45, 2.75) is 31.8 Å². The minimum atomic E-state index is -0.677. The molecule has 1 aromatic carbocycles. The smallest absolute Gasteiger partial charge is 0.232 e. The average molecular weight is 303 g/mol. The van der Waals surface area contributed by atoms with E-state index in [9.17, 15) is 14.9 Å². The summed E-state index contributed by atoms with van der Waals surface area (Å²) in [6.45, 7) is 2.62. The first-order valence-corrected chi connectivity index (χ1v) is 7.79. The van der Waals surface area contributed by atoms with Gasteiger partial charge in [0.05, 0.1) is 0 Å². The van der Waals surface area contributed by atoms with Gasteiger partial charge in [-0.3, -0.25) is 14.9 Å². The number of anilines is 1. The largest absolute Gasteiger partial charge is 0.371 e. The number of carbonyl (C=O) groups excluding carboxylic acids is 1. The molecule has 1 saturated carbocycles. The molecule has 2 fully saturated rings. The summed E-state index contributed by atoms with van der Waals surface area (Å²) < 4.78 is 0. The van der Waals surface area contributed by atoms with Crippen LogP contribution in [0.25, 0.3) is 0 Å². The van der Waals surface area contributed by atoms with Gasteiger partial charge in [-0.2, -0.15) is 0 Å². The van der Waals surface area contributed by atoms with Gasteiger partial charge in [-0.15, -0.1) is 0 Å². The van der Waals surface area contributed by atoms with Crippen LogP contribution in [0.15, 0.2) is 24.3 Å². The van der Waals surface area contributed by atoms with Gasteiger partial charge in [-0.05, 0) is 24.5 Å². The minimum absolute atomic E-state index is 0.113. The fourth-order valence-corrected chi connectivity index (χ4v) is 3.21. The van der Waals surface area contributed by atoms with E-state index in [0.29, 0.717) is 13.0 Å². The quantitative estimate of drug-likeness (QED) is 0.615. The van der Waals surface area contributed by atoms with Crippen LogP contribution in [-0.4, -0.2) is 41.9 Å². The molecular formula is C16H21N3O3. The Morgan fingerprint density at radius 1 is 1.36 bits per heavy atom. The maximum absolute atomic E-state index is 12.3. The van der Waals surface area contributed by atoms with Crippen LogP contribution in [0.5, 0.6) is 0 Å². The molecule has 0 radical (unpaired) electrons. The van der Waals surface area contributed by atoms with Crippen LogP contribution < -0.4 is 4.90 Å². The molecule has 1 heterocycles. The second-order valence-electron chi connectivity index (χ2n) is 6.21. The molecule has 2 unspecified atom stereocenters. The number of carbonyl (C=O) groups is 1. The first-order chi connectivity index (χ1) is 10.6. The third kappa shape index (κ3) is 2.91. The highest BCUT2D eigenvalue weighted by Crippen LogP contribution is 2.35. The number of hydrogen-bond donors (Lipinski definition) is 0. The lowest BCUT2D eigenvalue weighted by Gasteiger charge is -2.24. The Labute approximate surface area is 129 Å². The van der Waals surface area contributed by atoms with E-state index in [1.807, 2.05) is 18.2 Å². The first-order valence-electron chi connectivity index (χ1n) is 7.79. The van der Waals surface area contributed by atoms with Crippen LogP contribution >= 0.6 is 0 Å². The van der Waals surface area contributed by atoms with E-state index in [-0.39, 0.29) is 10.8 Å². The van der Waals surface area contributed by atoms with Crippen LogP contribution in [0.1, 0.15) is 24.8 Å². The summed E-state index contributed by atoms with van der Waals surface area (Å²) in [6, 6.07) is 7.45. The zero-order valence-corrected chi connectivity index (χ0v) is 12.8. The summed E-state index contributed by atoms with van der Waals surface area (Å²) in [6.07, 6.45) is 2.79. The molecule has 118 valence electrons. The van der Waals surface area contributed by atoms with Gasteiger partial charge in [-0.25, -0.2) is 0 Å². The molecule has 1 amide bonds. The summed E-state index contributed by atoms with van der Waals surface area (Å²) in [7, 11) is 1.73. The number of amides is 1. The predicted octanol–water partition coefficient (Wildman–Crippen LogP) is 1.91. The Morgan fingerprint density at radius 3 is 2.68 bits per heavy atom. The third-order valence-corrected chi connectivity index (χ3v) is 4.57. The molecular weight excluding hydrogens is 282 g/mol. The monoisotopic (exact) mass is 303 g/mol. The van der Waals surface area contributed by atoms with E-state index < -0.39 is 12.0 Å². The summed E-state index contributed by atoms with van der Waals surface area (Å²) >= 11 is 0. The lowest BCUT2D eigenvalue weighted by Crippen LogP contribution is -2.30. The topological polar surface area (TPSA) is 66.7 Å². The molecule has 6 heteroatoms. The van der Waals surface area contributed by atoms with Crippen molar-refractivity contribution in [3.8, 4) is 0 Å². The van der Waals surface area contributed by atoms with Crippen molar-refractivity contribution in [1.82, 2.24) is 4.90 Å². The van der Waals surface area contributed by atoms with Crippen LogP contribution in [0, 0.1) is 16.0 Å². The van der Waals surface area contributed by atoms with Crippen LogP contribution in [0.4, 0.5) is 5.69 Å². The van der Waals surface area contributed by atoms with E-state index in [2.05, 4.69) is 11.0 Å². The summed E-state index contributed by atoms with van der Waals surface area (Å²) in [5, 5.41) is 10.7. The Hall–Kier alpha value is -2.11. The van der Waals surface area contributed by atoms with Crippen LogP contribution in [0.2, 0.25) is 0 Å². The molecule has 0 aromatic heterocycles. The normalized spacial score (nSPS) is 23.4. The van der Waals surface area contributed by atoms with Gasteiger partial charge in [0.1, 0.15) is 5.92 Å². The third-order valence-electron chi connectivity index (χ3n) is 4.57.